The molecule has 0 unspecified atom stereocenters. The molecule has 0 spiro atoms. The van der Waals surface area contributed by atoms with Crippen LogP contribution >= 0.6 is 11.6 Å². The first-order valence-electron chi connectivity index (χ1n) is 5.41. The van der Waals surface area contributed by atoms with E-state index >= 15 is 0 Å². The molecule has 1 aliphatic heterocycles. The molecule has 0 atom stereocenters. The van der Waals surface area contributed by atoms with Gasteiger partial charge in [0.1, 0.15) is 11.5 Å². The van der Waals surface area contributed by atoms with Crippen LogP contribution in [0.5, 0.6) is 0 Å². The zero-order valence-corrected chi connectivity index (χ0v) is 9.55. The smallest absolute Gasteiger partial charge is 0.134 e. The highest BCUT2D eigenvalue weighted by Crippen LogP contribution is 2.28. The largest absolute Gasteiger partial charge is 0.461 e. The van der Waals surface area contributed by atoms with Crippen LogP contribution < -0.4 is 5.32 Å². The third-order valence-electron chi connectivity index (χ3n) is 2.85. The van der Waals surface area contributed by atoms with Gasteiger partial charge in [0.05, 0.1) is 0 Å². The standard InChI is InChI=1S/C13H12ClNO/c14-11-3-1-2-9(6-11)13-7-10-8-15-5-4-12(10)16-13/h1-3,6-7,15H,4-5,8H2. The summed E-state index contributed by atoms with van der Waals surface area (Å²) >= 11 is 5.97. The van der Waals surface area contributed by atoms with Crippen molar-refractivity contribution in [1.29, 1.82) is 0 Å². The van der Waals surface area contributed by atoms with Crippen LogP contribution in [0.2, 0.25) is 5.02 Å². The van der Waals surface area contributed by atoms with Gasteiger partial charge in [0.15, 0.2) is 0 Å². The molecule has 2 aromatic rings. The molecule has 1 aliphatic rings. The lowest BCUT2D eigenvalue weighted by Crippen LogP contribution is -2.22. The zero-order valence-electron chi connectivity index (χ0n) is 8.79. The van der Waals surface area contributed by atoms with Crippen LogP contribution in [0.4, 0.5) is 0 Å². The van der Waals surface area contributed by atoms with Crippen LogP contribution in [-0.4, -0.2) is 6.54 Å². The van der Waals surface area contributed by atoms with Gasteiger partial charge in [-0.25, -0.2) is 0 Å². The monoisotopic (exact) mass is 233 g/mol. The Kier molecular flexibility index (Phi) is 2.46. The number of benzene rings is 1. The summed E-state index contributed by atoms with van der Waals surface area (Å²) in [6.45, 7) is 1.90. The summed E-state index contributed by atoms with van der Waals surface area (Å²) in [7, 11) is 0. The average Bonchev–Trinajstić information content (AvgIpc) is 2.72. The number of nitrogens with one attached hydrogen (secondary N) is 1. The van der Waals surface area contributed by atoms with Crippen LogP contribution in [0.15, 0.2) is 34.7 Å². The zero-order chi connectivity index (χ0) is 11.0. The van der Waals surface area contributed by atoms with E-state index in [1.54, 1.807) is 0 Å². The SMILES string of the molecule is Clc1cccc(-c2cc3c(o2)CCNC3)c1. The van der Waals surface area contributed by atoms with Crippen molar-refractivity contribution < 1.29 is 4.42 Å². The minimum atomic E-state index is 0.741. The molecule has 0 aliphatic carbocycles. The van der Waals surface area contributed by atoms with Gasteiger partial charge in [-0.05, 0) is 18.2 Å². The van der Waals surface area contributed by atoms with Crippen LogP contribution in [0, 0.1) is 0 Å². The molecule has 0 bridgehead atoms. The van der Waals surface area contributed by atoms with E-state index in [4.69, 9.17) is 16.0 Å². The van der Waals surface area contributed by atoms with E-state index in [1.165, 1.54) is 5.56 Å². The summed E-state index contributed by atoms with van der Waals surface area (Å²) in [5.41, 5.74) is 2.31. The fourth-order valence-corrected chi connectivity index (χ4v) is 2.23. The van der Waals surface area contributed by atoms with Crippen LogP contribution in [0.1, 0.15) is 11.3 Å². The lowest BCUT2D eigenvalue weighted by molar-refractivity contribution is 0.484. The van der Waals surface area contributed by atoms with Crippen molar-refractivity contribution in [2.24, 2.45) is 0 Å². The minimum absolute atomic E-state index is 0.741. The maximum atomic E-state index is 5.97. The summed E-state index contributed by atoms with van der Waals surface area (Å²) in [5, 5.41) is 4.07. The second kappa shape index (κ2) is 3.96. The van der Waals surface area contributed by atoms with E-state index in [-0.39, 0.29) is 0 Å². The maximum Gasteiger partial charge on any atom is 0.134 e. The van der Waals surface area contributed by atoms with Gasteiger partial charge in [0, 0.05) is 35.7 Å². The summed E-state index contributed by atoms with van der Waals surface area (Å²) in [6.07, 6.45) is 0.968. The molecular formula is C13H12ClNO. The third-order valence-corrected chi connectivity index (χ3v) is 3.09. The summed E-state index contributed by atoms with van der Waals surface area (Å²) in [6, 6.07) is 9.86. The minimum Gasteiger partial charge on any atom is -0.461 e. The highest BCUT2D eigenvalue weighted by molar-refractivity contribution is 6.30. The molecule has 1 N–H and O–H groups in total. The summed E-state index contributed by atoms with van der Waals surface area (Å²) in [5.74, 6) is 2.02. The number of hydrogen-bond donors (Lipinski definition) is 1. The molecule has 3 rings (SSSR count). The van der Waals surface area contributed by atoms with Gasteiger partial charge in [0.2, 0.25) is 0 Å². The molecule has 0 fully saturated rings. The molecule has 0 saturated carbocycles. The van der Waals surface area contributed by atoms with Crippen molar-refractivity contribution in [3.05, 3.63) is 46.7 Å². The lowest BCUT2D eigenvalue weighted by atomic mass is 10.1. The molecule has 2 nitrogen and oxygen atoms in total. The first-order chi connectivity index (χ1) is 7.83. The Balaban J connectivity index is 2.03. The molecule has 0 saturated heterocycles. The van der Waals surface area contributed by atoms with E-state index in [0.29, 0.717) is 0 Å². The second-order valence-corrected chi connectivity index (χ2v) is 4.43. The Morgan fingerprint density at radius 1 is 1.25 bits per heavy atom. The Morgan fingerprint density at radius 3 is 3.00 bits per heavy atom. The molecule has 0 amide bonds. The van der Waals surface area contributed by atoms with E-state index in [0.717, 1.165) is 41.6 Å². The van der Waals surface area contributed by atoms with E-state index in [9.17, 15) is 0 Å². The predicted molar refractivity (Wildman–Crippen MR) is 64.6 cm³/mol. The fraction of sp³-hybridized carbons (Fsp3) is 0.231. The van der Waals surface area contributed by atoms with Gasteiger partial charge in [0.25, 0.3) is 0 Å². The molecule has 1 aromatic heterocycles. The summed E-state index contributed by atoms with van der Waals surface area (Å²) < 4.78 is 5.85. The lowest BCUT2D eigenvalue weighted by Gasteiger charge is -2.09. The Labute approximate surface area is 99.2 Å². The number of rotatable bonds is 1. The van der Waals surface area contributed by atoms with Gasteiger partial charge in [-0.1, -0.05) is 23.7 Å². The number of furan rings is 1. The van der Waals surface area contributed by atoms with E-state index < -0.39 is 0 Å². The average molecular weight is 234 g/mol. The van der Waals surface area contributed by atoms with Crippen molar-refractivity contribution in [3.8, 4) is 11.3 Å². The Morgan fingerprint density at radius 2 is 2.19 bits per heavy atom. The topological polar surface area (TPSA) is 25.2 Å². The highest BCUT2D eigenvalue weighted by Gasteiger charge is 2.15. The first kappa shape index (κ1) is 9.94. The van der Waals surface area contributed by atoms with Crippen molar-refractivity contribution >= 4 is 11.6 Å². The van der Waals surface area contributed by atoms with Crippen LogP contribution in [0.3, 0.4) is 0 Å². The van der Waals surface area contributed by atoms with Gasteiger partial charge in [-0.3, -0.25) is 0 Å². The number of halogens is 1. The molecule has 16 heavy (non-hydrogen) atoms. The van der Waals surface area contributed by atoms with Crippen LogP contribution in [0.25, 0.3) is 11.3 Å². The first-order valence-corrected chi connectivity index (χ1v) is 5.79. The van der Waals surface area contributed by atoms with Crippen molar-refractivity contribution in [2.75, 3.05) is 6.54 Å². The third kappa shape index (κ3) is 1.75. The van der Waals surface area contributed by atoms with E-state index in [2.05, 4.69) is 11.4 Å². The Bertz CT molecular complexity index is 495. The highest BCUT2D eigenvalue weighted by atomic mass is 35.5. The van der Waals surface area contributed by atoms with Crippen LogP contribution in [-0.2, 0) is 13.0 Å². The van der Waals surface area contributed by atoms with E-state index in [1.807, 2.05) is 24.3 Å². The van der Waals surface area contributed by atoms with Crippen molar-refractivity contribution in [3.63, 3.8) is 0 Å². The summed E-state index contributed by atoms with van der Waals surface area (Å²) in [4.78, 5) is 0. The molecule has 3 heteroatoms. The normalized spacial score (nSPS) is 14.8. The molecule has 0 radical (unpaired) electrons. The Hall–Kier alpha value is -1.25. The van der Waals surface area contributed by atoms with Gasteiger partial charge >= 0.3 is 0 Å². The second-order valence-electron chi connectivity index (χ2n) is 4.00. The molecule has 1 aromatic carbocycles. The molecule has 2 heterocycles. The predicted octanol–water partition coefficient (Wildman–Crippen LogP) is 3.25. The van der Waals surface area contributed by atoms with Gasteiger partial charge < -0.3 is 9.73 Å². The van der Waals surface area contributed by atoms with Gasteiger partial charge in [-0.15, -0.1) is 0 Å². The number of hydrogen-bond acceptors (Lipinski definition) is 2. The van der Waals surface area contributed by atoms with Crippen molar-refractivity contribution in [2.45, 2.75) is 13.0 Å². The quantitative estimate of drug-likeness (QED) is 0.818. The fourth-order valence-electron chi connectivity index (χ4n) is 2.04. The molecule has 82 valence electrons. The van der Waals surface area contributed by atoms with Crippen molar-refractivity contribution in [1.82, 2.24) is 5.32 Å². The van der Waals surface area contributed by atoms with Gasteiger partial charge in [-0.2, -0.15) is 0 Å². The maximum absolute atomic E-state index is 5.97. The molecular weight excluding hydrogens is 222 g/mol. The number of fused-ring (bicyclic) bond motifs is 1.